The molecule has 28 heavy (non-hydrogen) atoms. The van der Waals surface area contributed by atoms with Crippen LogP contribution in [0.4, 0.5) is 0 Å². The normalized spacial score (nSPS) is 10.6. The predicted molar refractivity (Wildman–Crippen MR) is 109 cm³/mol. The molecule has 0 aliphatic rings. The van der Waals surface area contributed by atoms with Crippen LogP contribution in [0.15, 0.2) is 77.9 Å². The highest BCUT2D eigenvalue weighted by Crippen LogP contribution is 2.15. The molecule has 0 bridgehead atoms. The van der Waals surface area contributed by atoms with Crippen LogP contribution in [0.2, 0.25) is 10.0 Å². The van der Waals surface area contributed by atoms with Gasteiger partial charge >= 0.3 is 5.97 Å². The Labute approximate surface area is 171 Å². The van der Waals surface area contributed by atoms with Crippen molar-refractivity contribution in [3.05, 3.63) is 99.5 Å². The van der Waals surface area contributed by atoms with Gasteiger partial charge in [-0.25, -0.2) is 10.2 Å². The molecule has 3 aromatic carbocycles. The molecule has 1 N–H and O–H groups in total. The SMILES string of the molecule is O=C(N/N=C\c1ccc(OC(=O)c2ccc(Cl)cc2)cc1)c1ccc(Cl)cc1. The van der Waals surface area contributed by atoms with Crippen molar-refractivity contribution in [1.29, 1.82) is 0 Å². The molecule has 0 aliphatic heterocycles. The number of hydrogen-bond acceptors (Lipinski definition) is 4. The zero-order valence-corrected chi connectivity index (χ0v) is 15.9. The Balaban J connectivity index is 1.55. The first kappa shape index (κ1) is 19.6. The third kappa shape index (κ3) is 5.42. The predicted octanol–water partition coefficient (Wildman–Crippen LogP) is 4.98. The minimum atomic E-state index is -0.478. The average molecular weight is 413 g/mol. The lowest BCUT2D eigenvalue weighted by Gasteiger charge is -2.05. The van der Waals surface area contributed by atoms with Crippen LogP contribution in [0.25, 0.3) is 0 Å². The number of ether oxygens (including phenoxy) is 1. The van der Waals surface area contributed by atoms with E-state index in [-0.39, 0.29) is 5.91 Å². The van der Waals surface area contributed by atoms with Crippen molar-refractivity contribution < 1.29 is 14.3 Å². The smallest absolute Gasteiger partial charge is 0.343 e. The second-order valence-electron chi connectivity index (χ2n) is 5.67. The molecule has 0 aromatic heterocycles. The van der Waals surface area contributed by atoms with E-state index in [1.54, 1.807) is 72.8 Å². The largest absolute Gasteiger partial charge is 0.423 e. The quantitative estimate of drug-likeness (QED) is 0.278. The van der Waals surface area contributed by atoms with E-state index in [1.165, 1.54) is 6.21 Å². The summed E-state index contributed by atoms with van der Waals surface area (Å²) in [6, 6.07) is 19.6. The Morgan fingerprint density at radius 1 is 0.786 bits per heavy atom. The van der Waals surface area contributed by atoms with E-state index in [2.05, 4.69) is 10.5 Å². The summed E-state index contributed by atoms with van der Waals surface area (Å²) in [5.74, 6) is -0.433. The van der Waals surface area contributed by atoms with E-state index in [0.29, 0.717) is 26.9 Å². The van der Waals surface area contributed by atoms with Crippen molar-refractivity contribution in [2.45, 2.75) is 0 Å². The van der Waals surface area contributed by atoms with Gasteiger partial charge in [-0.1, -0.05) is 23.2 Å². The highest BCUT2D eigenvalue weighted by Gasteiger charge is 2.08. The van der Waals surface area contributed by atoms with Gasteiger partial charge in [-0.2, -0.15) is 5.10 Å². The maximum atomic E-state index is 12.1. The molecular weight excluding hydrogens is 399 g/mol. The molecule has 0 saturated carbocycles. The lowest BCUT2D eigenvalue weighted by molar-refractivity contribution is 0.0734. The number of carbonyl (C=O) groups excluding carboxylic acids is 2. The van der Waals surface area contributed by atoms with Crippen molar-refractivity contribution in [2.24, 2.45) is 5.10 Å². The Morgan fingerprint density at radius 3 is 1.89 bits per heavy atom. The fourth-order valence-electron chi connectivity index (χ4n) is 2.21. The maximum Gasteiger partial charge on any atom is 0.343 e. The van der Waals surface area contributed by atoms with Crippen LogP contribution in [-0.2, 0) is 0 Å². The Hall–Kier alpha value is -3.15. The van der Waals surface area contributed by atoms with E-state index in [0.717, 1.165) is 5.56 Å². The van der Waals surface area contributed by atoms with E-state index < -0.39 is 5.97 Å². The van der Waals surface area contributed by atoms with E-state index in [9.17, 15) is 9.59 Å². The van der Waals surface area contributed by atoms with Gasteiger partial charge in [0.25, 0.3) is 5.91 Å². The number of benzene rings is 3. The molecule has 0 fully saturated rings. The zero-order valence-electron chi connectivity index (χ0n) is 14.4. The molecule has 5 nitrogen and oxygen atoms in total. The molecule has 7 heteroatoms. The molecule has 0 aliphatic carbocycles. The van der Waals surface area contributed by atoms with Crippen LogP contribution >= 0.6 is 23.2 Å². The van der Waals surface area contributed by atoms with Gasteiger partial charge < -0.3 is 4.74 Å². The highest BCUT2D eigenvalue weighted by atomic mass is 35.5. The van der Waals surface area contributed by atoms with Gasteiger partial charge in [0.2, 0.25) is 0 Å². The van der Waals surface area contributed by atoms with Crippen molar-refractivity contribution in [3.63, 3.8) is 0 Å². The Morgan fingerprint density at radius 2 is 1.32 bits per heavy atom. The molecular formula is C21H14Cl2N2O3. The van der Waals surface area contributed by atoms with Crippen LogP contribution in [0.3, 0.4) is 0 Å². The molecule has 1 amide bonds. The van der Waals surface area contributed by atoms with Crippen molar-refractivity contribution in [1.82, 2.24) is 5.43 Å². The van der Waals surface area contributed by atoms with E-state index in [4.69, 9.17) is 27.9 Å². The minimum absolute atomic E-state index is 0.346. The van der Waals surface area contributed by atoms with Crippen LogP contribution < -0.4 is 10.2 Å². The van der Waals surface area contributed by atoms with Crippen LogP contribution in [-0.4, -0.2) is 18.1 Å². The highest BCUT2D eigenvalue weighted by molar-refractivity contribution is 6.31. The van der Waals surface area contributed by atoms with Gasteiger partial charge in [-0.15, -0.1) is 0 Å². The molecule has 0 saturated heterocycles. The molecule has 0 heterocycles. The molecule has 140 valence electrons. The van der Waals surface area contributed by atoms with Gasteiger partial charge in [0.1, 0.15) is 5.75 Å². The topological polar surface area (TPSA) is 67.8 Å². The third-order valence-corrected chi connectivity index (χ3v) is 4.16. The fourth-order valence-corrected chi connectivity index (χ4v) is 2.46. The standard InChI is InChI=1S/C21H14Cl2N2O3/c22-17-7-3-15(4-8-17)20(26)25-24-13-14-1-11-19(12-2-14)28-21(27)16-5-9-18(23)10-6-16/h1-13H,(H,25,26)/b24-13-. The second kappa shape index (κ2) is 9.17. The number of nitrogens with zero attached hydrogens (tertiary/aromatic N) is 1. The summed E-state index contributed by atoms with van der Waals surface area (Å²) in [6.07, 6.45) is 1.48. The van der Waals surface area contributed by atoms with Crippen molar-refractivity contribution in [3.8, 4) is 5.75 Å². The van der Waals surface area contributed by atoms with Gasteiger partial charge in [0.05, 0.1) is 11.8 Å². The molecule has 0 spiro atoms. The summed E-state index contributed by atoms with van der Waals surface area (Å²) in [5.41, 5.74) is 4.01. The molecule has 3 aromatic rings. The first-order valence-electron chi connectivity index (χ1n) is 8.18. The molecule has 3 rings (SSSR count). The first-order valence-corrected chi connectivity index (χ1v) is 8.93. The summed E-state index contributed by atoms with van der Waals surface area (Å²) in [6.45, 7) is 0. The molecule has 0 radical (unpaired) electrons. The third-order valence-electron chi connectivity index (χ3n) is 3.66. The number of rotatable bonds is 5. The number of amides is 1. The van der Waals surface area contributed by atoms with Crippen molar-refractivity contribution in [2.75, 3.05) is 0 Å². The summed E-state index contributed by atoms with van der Waals surface area (Å²) in [7, 11) is 0. The van der Waals surface area contributed by atoms with Crippen LogP contribution in [0.5, 0.6) is 5.75 Å². The number of halogens is 2. The monoisotopic (exact) mass is 412 g/mol. The summed E-state index contributed by atoms with van der Waals surface area (Å²) < 4.78 is 5.30. The van der Waals surface area contributed by atoms with Crippen LogP contribution in [0, 0.1) is 0 Å². The number of carbonyl (C=O) groups is 2. The van der Waals surface area contributed by atoms with Crippen LogP contribution in [0.1, 0.15) is 26.3 Å². The second-order valence-corrected chi connectivity index (χ2v) is 6.54. The first-order chi connectivity index (χ1) is 13.5. The lowest BCUT2D eigenvalue weighted by Crippen LogP contribution is -2.17. The lowest BCUT2D eigenvalue weighted by atomic mass is 10.2. The van der Waals surface area contributed by atoms with Gasteiger partial charge in [-0.3, -0.25) is 4.79 Å². The summed E-state index contributed by atoms with van der Waals surface area (Å²) in [5, 5.41) is 5.01. The summed E-state index contributed by atoms with van der Waals surface area (Å²) in [4.78, 5) is 24.0. The van der Waals surface area contributed by atoms with E-state index >= 15 is 0 Å². The van der Waals surface area contributed by atoms with E-state index in [1.807, 2.05) is 0 Å². The number of hydrazone groups is 1. The van der Waals surface area contributed by atoms with Gasteiger partial charge in [0.15, 0.2) is 0 Å². The maximum absolute atomic E-state index is 12.1. The minimum Gasteiger partial charge on any atom is -0.423 e. The Bertz CT molecular complexity index is 999. The Kier molecular flexibility index (Phi) is 6.42. The number of esters is 1. The average Bonchev–Trinajstić information content (AvgIpc) is 2.70. The van der Waals surface area contributed by atoms with Crippen molar-refractivity contribution >= 4 is 41.3 Å². The number of nitrogens with one attached hydrogen (secondary N) is 1. The summed E-state index contributed by atoms with van der Waals surface area (Å²) >= 11 is 11.6. The number of hydrogen-bond donors (Lipinski definition) is 1. The molecule has 0 unspecified atom stereocenters. The molecule has 0 atom stereocenters. The fraction of sp³-hybridized carbons (Fsp3) is 0. The van der Waals surface area contributed by atoms with Gasteiger partial charge in [0, 0.05) is 15.6 Å². The van der Waals surface area contributed by atoms with Gasteiger partial charge in [-0.05, 0) is 78.4 Å². The zero-order chi connectivity index (χ0) is 19.9.